The molecule has 0 amide bonds. The Morgan fingerprint density at radius 2 is 1.57 bits per heavy atom. The molecule has 0 bridgehead atoms. The average Bonchev–Trinajstić information content (AvgIpc) is 2.94. The second-order valence-electron chi connectivity index (χ2n) is 6.79. The van der Waals surface area contributed by atoms with Crippen molar-refractivity contribution in [2.45, 2.75) is 52.0 Å². The van der Waals surface area contributed by atoms with Gasteiger partial charge in [-0.05, 0) is 48.3 Å². The summed E-state index contributed by atoms with van der Waals surface area (Å²) < 4.78 is 10.8. The molecule has 1 atom stereocenters. The number of ether oxygens (including phenoxy) is 2. The van der Waals surface area contributed by atoms with Gasteiger partial charge in [-0.25, -0.2) is 0 Å². The zero-order valence-electron chi connectivity index (χ0n) is 13.8. The summed E-state index contributed by atoms with van der Waals surface area (Å²) in [6, 6.07) is 6.08. The summed E-state index contributed by atoms with van der Waals surface area (Å²) in [5.41, 5.74) is 8.08. The Kier molecular flexibility index (Phi) is 5.15. The van der Waals surface area contributed by atoms with Crippen LogP contribution in [0.2, 0.25) is 0 Å². The van der Waals surface area contributed by atoms with Gasteiger partial charge in [0.25, 0.3) is 0 Å². The molecule has 21 heavy (non-hydrogen) atoms. The molecule has 2 N–H and O–H groups in total. The van der Waals surface area contributed by atoms with E-state index in [4.69, 9.17) is 15.2 Å². The number of nitrogens with two attached hydrogens (primary N) is 1. The first-order chi connectivity index (χ1) is 10.0. The average molecular weight is 291 g/mol. The van der Waals surface area contributed by atoms with Gasteiger partial charge >= 0.3 is 0 Å². The van der Waals surface area contributed by atoms with E-state index in [1.807, 2.05) is 6.07 Å². The van der Waals surface area contributed by atoms with Gasteiger partial charge in [0.05, 0.1) is 14.2 Å². The minimum absolute atomic E-state index is 0.0476. The van der Waals surface area contributed by atoms with Gasteiger partial charge in [-0.3, -0.25) is 0 Å². The monoisotopic (exact) mass is 291 g/mol. The molecule has 1 aliphatic carbocycles. The van der Waals surface area contributed by atoms with Gasteiger partial charge in [0.2, 0.25) is 0 Å². The standard InChI is InChI=1S/C18H29NO2/c1-13(2)12-18(7-5-6-8-18)17(19)14-9-15(20-3)11-16(10-14)21-4/h9-11,13,17H,5-8,12,19H2,1-4H3. The fraction of sp³-hybridized carbons (Fsp3) is 0.667. The van der Waals surface area contributed by atoms with Gasteiger partial charge in [-0.15, -0.1) is 0 Å². The van der Waals surface area contributed by atoms with Crippen LogP contribution in [-0.2, 0) is 0 Å². The molecule has 0 spiro atoms. The molecule has 2 rings (SSSR count). The third kappa shape index (κ3) is 3.52. The summed E-state index contributed by atoms with van der Waals surface area (Å²) in [6.07, 6.45) is 6.23. The zero-order valence-corrected chi connectivity index (χ0v) is 13.8. The Balaban J connectivity index is 2.34. The quantitative estimate of drug-likeness (QED) is 0.849. The summed E-state index contributed by atoms with van der Waals surface area (Å²) in [4.78, 5) is 0. The Morgan fingerprint density at radius 3 is 2.00 bits per heavy atom. The van der Waals surface area contributed by atoms with Gasteiger partial charge in [0, 0.05) is 12.1 Å². The molecule has 1 saturated carbocycles. The van der Waals surface area contributed by atoms with E-state index in [1.165, 1.54) is 32.1 Å². The van der Waals surface area contributed by atoms with Gasteiger partial charge < -0.3 is 15.2 Å². The SMILES string of the molecule is COc1cc(OC)cc(C(N)C2(CC(C)C)CCCC2)c1. The molecule has 1 aromatic rings. The molecule has 1 fully saturated rings. The van der Waals surface area contributed by atoms with Gasteiger partial charge in [-0.1, -0.05) is 26.7 Å². The summed E-state index contributed by atoms with van der Waals surface area (Å²) in [6.45, 7) is 4.58. The maximum absolute atomic E-state index is 6.72. The molecule has 0 radical (unpaired) electrons. The number of benzene rings is 1. The lowest BCUT2D eigenvalue weighted by Gasteiger charge is -2.37. The molecule has 1 aliphatic rings. The molecule has 3 nitrogen and oxygen atoms in total. The van der Waals surface area contributed by atoms with Gasteiger partial charge in [0.15, 0.2) is 0 Å². The first-order valence-electron chi connectivity index (χ1n) is 7.99. The molecule has 1 aromatic carbocycles. The maximum Gasteiger partial charge on any atom is 0.122 e. The Morgan fingerprint density at radius 1 is 1.05 bits per heavy atom. The fourth-order valence-electron chi connectivity index (χ4n) is 3.90. The highest BCUT2D eigenvalue weighted by Gasteiger charge is 2.40. The van der Waals surface area contributed by atoms with Crippen LogP contribution in [0.1, 0.15) is 57.6 Å². The molecule has 0 saturated heterocycles. The van der Waals surface area contributed by atoms with Crippen molar-refractivity contribution in [3.8, 4) is 11.5 Å². The van der Waals surface area contributed by atoms with Crippen LogP contribution >= 0.6 is 0 Å². The molecule has 0 aromatic heterocycles. The highest BCUT2D eigenvalue weighted by Crippen LogP contribution is 2.51. The summed E-state index contributed by atoms with van der Waals surface area (Å²) in [5.74, 6) is 2.30. The second kappa shape index (κ2) is 6.69. The van der Waals surface area contributed by atoms with Crippen molar-refractivity contribution >= 4 is 0 Å². The van der Waals surface area contributed by atoms with Crippen molar-refractivity contribution in [2.75, 3.05) is 14.2 Å². The van der Waals surface area contributed by atoms with Crippen LogP contribution < -0.4 is 15.2 Å². The maximum atomic E-state index is 6.72. The number of methoxy groups -OCH3 is 2. The van der Waals surface area contributed by atoms with E-state index in [-0.39, 0.29) is 11.5 Å². The van der Waals surface area contributed by atoms with Gasteiger partial charge in [-0.2, -0.15) is 0 Å². The number of hydrogen-bond acceptors (Lipinski definition) is 3. The smallest absolute Gasteiger partial charge is 0.122 e. The van der Waals surface area contributed by atoms with E-state index < -0.39 is 0 Å². The summed E-state index contributed by atoms with van der Waals surface area (Å²) >= 11 is 0. The van der Waals surface area contributed by atoms with Crippen LogP contribution in [-0.4, -0.2) is 14.2 Å². The Hall–Kier alpha value is -1.22. The third-order valence-electron chi connectivity index (χ3n) is 4.81. The van der Waals surface area contributed by atoms with Crippen LogP contribution in [0, 0.1) is 11.3 Å². The van der Waals surface area contributed by atoms with E-state index in [9.17, 15) is 0 Å². The number of hydrogen-bond donors (Lipinski definition) is 1. The molecular weight excluding hydrogens is 262 g/mol. The lowest BCUT2D eigenvalue weighted by molar-refractivity contribution is 0.183. The summed E-state index contributed by atoms with van der Waals surface area (Å²) in [7, 11) is 3.37. The molecule has 118 valence electrons. The van der Waals surface area contributed by atoms with Gasteiger partial charge in [0.1, 0.15) is 11.5 Å². The van der Waals surface area contributed by atoms with Crippen LogP contribution in [0.4, 0.5) is 0 Å². The molecule has 0 heterocycles. The van der Waals surface area contributed by atoms with Crippen LogP contribution in [0.5, 0.6) is 11.5 Å². The van der Waals surface area contributed by atoms with Crippen molar-refractivity contribution in [3.05, 3.63) is 23.8 Å². The third-order valence-corrected chi connectivity index (χ3v) is 4.81. The minimum atomic E-state index is 0.0476. The van der Waals surface area contributed by atoms with Crippen LogP contribution in [0.3, 0.4) is 0 Å². The molecule has 0 aliphatic heterocycles. The van der Waals surface area contributed by atoms with Crippen molar-refractivity contribution in [1.82, 2.24) is 0 Å². The van der Waals surface area contributed by atoms with Crippen LogP contribution in [0.15, 0.2) is 18.2 Å². The highest BCUT2D eigenvalue weighted by atomic mass is 16.5. The number of rotatable bonds is 6. The Labute approximate surface area is 128 Å². The van der Waals surface area contributed by atoms with Crippen molar-refractivity contribution in [1.29, 1.82) is 0 Å². The topological polar surface area (TPSA) is 44.5 Å². The van der Waals surface area contributed by atoms with E-state index in [0.29, 0.717) is 5.92 Å². The lowest BCUT2D eigenvalue weighted by atomic mass is 9.71. The van der Waals surface area contributed by atoms with Crippen molar-refractivity contribution in [3.63, 3.8) is 0 Å². The first-order valence-corrected chi connectivity index (χ1v) is 7.99. The predicted molar refractivity (Wildman–Crippen MR) is 86.8 cm³/mol. The van der Waals surface area contributed by atoms with E-state index in [1.54, 1.807) is 14.2 Å². The highest BCUT2D eigenvalue weighted by molar-refractivity contribution is 5.40. The Bertz CT molecular complexity index is 442. The zero-order chi connectivity index (χ0) is 15.5. The van der Waals surface area contributed by atoms with E-state index >= 15 is 0 Å². The lowest BCUT2D eigenvalue weighted by Crippen LogP contribution is -2.33. The molecule has 1 unspecified atom stereocenters. The van der Waals surface area contributed by atoms with Crippen LogP contribution in [0.25, 0.3) is 0 Å². The predicted octanol–water partition coefficient (Wildman–Crippen LogP) is 4.31. The second-order valence-corrected chi connectivity index (χ2v) is 6.79. The van der Waals surface area contributed by atoms with Crippen molar-refractivity contribution in [2.24, 2.45) is 17.1 Å². The largest absolute Gasteiger partial charge is 0.497 e. The van der Waals surface area contributed by atoms with E-state index in [0.717, 1.165) is 17.1 Å². The molecule has 3 heteroatoms. The molecular formula is C18H29NO2. The van der Waals surface area contributed by atoms with E-state index in [2.05, 4.69) is 26.0 Å². The fourth-order valence-corrected chi connectivity index (χ4v) is 3.90. The first kappa shape index (κ1) is 16.2. The summed E-state index contributed by atoms with van der Waals surface area (Å²) in [5, 5.41) is 0. The normalized spacial score (nSPS) is 18.8. The minimum Gasteiger partial charge on any atom is -0.497 e. The van der Waals surface area contributed by atoms with Crippen molar-refractivity contribution < 1.29 is 9.47 Å².